The fraction of sp³-hybridized carbons (Fsp3) is 0. The van der Waals surface area contributed by atoms with Crippen LogP contribution in [0.25, 0.3) is 0 Å². The third-order valence-electron chi connectivity index (χ3n) is 2.24. The zero-order chi connectivity index (χ0) is 12.4. The molecule has 88 valence electrons. The number of hydrogen-bond donors (Lipinski definition) is 2. The van der Waals surface area contributed by atoms with Gasteiger partial charge in [-0.25, -0.2) is 4.39 Å². The zero-order valence-corrected chi connectivity index (χ0v) is 10.2. The van der Waals surface area contributed by atoms with Crippen molar-refractivity contribution in [3.8, 4) is 0 Å². The number of hydrogen-bond acceptors (Lipinski definition) is 2. The molecule has 0 amide bonds. The Hall–Kier alpha value is -1.45. The van der Waals surface area contributed by atoms with Crippen LogP contribution in [0, 0.1) is 5.82 Å². The maximum absolute atomic E-state index is 13.3. The van der Waals surface area contributed by atoms with E-state index in [1.807, 2.05) is 6.07 Å². The maximum Gasteiger partial charge on any atom is 0.144 e. The molecule has 3 N–H and O–H groups in total. The van der Waals surface area contributed by atoms with Crippen LogP contribution in [-0.2, 0) is 0 Å². The van der Waals surface area contributed by atoms with Gasteiger partial charge in [-0.15, -0.1) is 0 Å². The first-order valence-corrected chi connectivity index (χ1v) is 5.59. The van der Waals surface area contributed by atoms with E-state index in [0.717, 1.165) is 0 Å². The van der Waals surface area contributed by atoms with Gasteiger partial charge in [0, 0.05) is 6.07 Å². The molecule has 0 unspecified atom stereocenters. The van der Waals surface area contributed by atoms with Crippen molar-refractivity contribution >= 4 is 40.3 Å². The lowest BCUT2D eigenvalue weighted by Gasteiger charge is -2.11. The summed E-state index contributed by atoms with van der Waals surface area (Å²) in [5.41, 5.74) is 7.17. The highest BCUT2D eigenvalue weighted by atomic mass is 35.5. The van der Waals surface area contributed by atoms with E-state index in [4.69, 9.17) is 28.9 Å². The second kappa shape index (κ2) is 4.82. The van der Waals surface area contributed by atoms with E-state index in [1.54, 1.807) is 18.2 Å². The van der Waals surface area contributed by atoms with Crippen LogP contribution in [0.4, 0.5) is 21.5 Å². The highest BCUT2D eigenvalue weighted by molar-refractivity contribution is 6.33. The minimum atomic E-state index is -0.532. The first-order valence-electron chi connectivity index (χ1n) is 4.84. The van der Waals surface area contributed by atoms with Gasteiger partial charge in [0.1, 0.15) is 5.82 Å². The van der Waals surface area contributed by atoms with E-state index in [0.29, 0.717) is 22.1 Å². The molecule has 0 aromatic heterocycles. The third-order valence-corrected chi connectivity index (χ3v) is 2.85. The lowest BCUT2D eigenvalue weighted by Crippen LogP contribution is -1.98. The van der Waals surface area contributed by atoms with Crippen molar-refractivity contribution in [3.05, 3.63) is 52.3 Å². The highest BCUT2D eigenvalue weighted by Crippen LogP contribution is 2.31. The average Bonchev–Trinajstić information content (AvgIpc) is 2.29. The van der Waals surface area contributed by atoms with Crippen LogP contribution in [-0.4, -0.2) is 0 Å². The van der Waals surface area contributed by atoms with Crippen LogP contribution >= 0.6 is 23.2 Å². The second-order valence-corrected chi connectivity index (χ2v) is 4.27. The van der Waals surface area contributed by atoms with Crippen molar-refractivity contribution < 1.29 is 4.39 Å². The molecule has 0 saturated heterocycles. The van der Waals surface area contributed by atoms with E-state index in [1.165, 1.54) is 12.1 Å². The molecule has 0 bridgehead atoms. The molecule has 5 heteroatoms. The number of rotatable bonds is 2. The predicted octanol–water partition coefficient (Wildman–Crippen LogP) is 4.46. The van der Waals surface area contributed by atoms with Gasteiger partial charge < -0.3 is 11.1 Å². The third kappa shape index (κ3) is 2.62. The minimum Gasteiger partial charge on any atom is -0.397 e. The minimum absolute atomic E-state index is 0.00721. The van der Waals surface area contributed by atoms with Crippen molar-refractivity contribution in [2.45, 2.75) is 0 Å². The Kier molecular flexibility index (Phi) is 3.41. The van der Waals surface area contributed by atoms with Crippen LogP contribution in [0.5, 0.6) is 0 Å². The molecule has 0 heterocycles. The van der Waals surface area contributed by atoms with E-state index in [-0.39, 0.29) is 5.02 Å². The highest BCUT2D eigenvalue weighted by Gasteiger charge is 2.07. The number of nitrogens with two attached hydrogens (primary N) is 1. The summed E-state index contributed by atoms with van der Waals surface area (Å²) in [6.45, 7) is 0. The molecule has 0 atom stereocenters. The second-order valence-electron chi connectivity index (χ2n) is 3.46. The Labute approximate surface area is 108 Å². The molecule has 2 aromatic rings. The van der Waals surface area contributed by atoms with Crippen LogP contribution in [0.3, 0.4) is 0 Å². The first kappa shape index (κ1) is 12.0. The topological polar surface area (TPSA) is 38.0 Å². The van der Waals surface area contributed by atoms with Gasteiger partial charge in [0.2, 0.25) is 0 Å². The molecule has 0 saturated carbocycles. The Bertz CT molecular complexity index is 558. The summed E-state index contributed by atoms with van der Waals surface area (Å²) >= 11 is 11.6. The van der Waals surface area contributed by atoms with Crippen LogP contribution in [0.1, 0.15) is 0 Å². The van der Waals surface area contributed by atoms with Gasteiger partial charge in [0.05, 0.1) is 27.1 Å². The van der Waals surface area contributed by atoms with Crippen LogP contribution in [0.2, 0.25) is 10.0 Å². The molecular formula is C12H9Cl2FN2. The monoisotopic (exact) mass is 270 g/mol. The van der Waals surface area contributed by atoms with Crippen molar-refractivity contribution in [1.29, 1.82) is 0 Å². The summed E-state index contributed by atoms with van der Waals surface area (Å²) in [5.74, 6) is -0.532. The van der Waals surface area contributed by atoms with E-state index < -0.39 is 5.82 Å². The van der Waals surface area contributed by atoms with Crippen molar-refractivity contribution in [1.82, 2.24) is 0 Å². The summed E-state index contributed by atoms with van der Waals surface area (Å²) in [4.78, 5) is 0. The van der Waals surface area contributed by atoms with Crippen LogP contribution < -0.4 is 11.1 Å². The molecule has 2 nitrogen and oxygen atoms in total. The lowest BCUT2D eigenvalue weighted by molar-refractivity contribution is 0.629. The molecule has 2 aromatic carbocycles. The molecule has 0 aliphatic rings. The summed E-state index contributed by atoms with van der Waals surface area (Å²) in [7, 11) is 0. The largest absolute Gasteiger partial charge is 0.397 e. The summed E-state index contributed by atoms with van der Waals surface area (Å²) in [6, 6.07) is 9.72. The predicted molar refractivity (Wildman–Crippen MR) is 70.6 cm³/mol. The Morgan fingerprint density at radius 3 is 2.41 bits per heavy atom. The fourth-order valence-electron chi connectivity index (χ4n) is 1.38. The van der Waals surface area contributed by atoms with Gasteiger partial charge in [0.25, 0.3) is 0 Å². The first-order chi connectivity index (χ1) is 8.08. The van der Waals surface area contributed by atoms with Gasteiger partial charge in [-0.2, -0.15) is 0 Å². The molecule has 0 radical (unpaired) electrons. The summed E-state index contributed by atoms with van der Waals surface area (Å²) < 4.78 is 13.3. The van der Waals surface area contributed by atoms with E-state index in [9.17, 15) is 4.39 Å². The summed E-state index contributed by atoms with van der Waals surface area (Å²) in [5, 5.41) is 3.48. The van der Waals surface area contributed by atoms with Gasteiger partial charge in [0.15, 0.2) is 0 Å². The zero-order valence-electron chi connectivity index (χ0n) is 8.68. The molecule has 0 fully saturated rings. The van der Waals surface area contributed by atoms with Gasteiger partial charge in [-0.1, -0.05) is 35.3 Å². The number of anilines is 3. The SMILES string of the molecule is Nc1cc(Cl)c(F)cc1Nc1ccccc1Cl. The van der Waals surface area contributed by atoms with Crippen molar-refractivity contribution in [2.75, 3.05) is 11.1 Å². The fourth-order valence-corrected chi connectivity index (χ4v) is 1.73. The molecule has 17 heavy (non-hydrogen) atoms. The molecule has 0 aliphatic heterocycles. The number of para-hydroxylation sites is 1. The molecule has 0 spiro atoms. The van der Waals surface area contributed by atoms with Crippen molar-refractivity contribution in [2.24, 2.45) is 0 Å². The number of nitrogen functional groups attached to an aromatic ring is 1. The normalized spacial score (nSPS) is 10.3. The smallest absolute Gasteiger partial charge is 0.144 e. The molecule has 0 aliphatic carbocycles. The van der Waals surface area contributed by atoms with Gasteiger partial charge in [-0.3, -0.25) is 0 Å². The number of nitrogens with one attached hydrogen (secondary N) is 1. The Morgan fingerprint density at radius 2 is 1.71 bits per heavy atom. The molecular weight excluding hydrogens is 262 g/mol. The lowest BCUT2D eigenvalue weighted by atomic mass is 10.2. The Balaban J connectivity index is 2.37. The van der Waals surface area contributed by atoms with E-state index in [2.05, 4.69) is 5.32 Å². The Morgan fingerprint density at radius 1 is 1.00 bits per heavy atom. The van der Waals surface area contributed by atoms with E-state index >= 15 is 0 Å². The quantitative estimate of drug-likeness (QED) is 0.791. The summed E-state index contributed by atoms with van der Waals surface area (Å²) in [6.07, 6.45) is 0. The standard InChI is InChI=1S/C12H9Cl2FN2/c13-7-3-1-2-4-11(7)17-12-6-9(15)8(14)5-10(12)16/h1-6,17H,16H2. The number of halogens is 3. The van der Waals surface area contributed by atoms with Gasteiger partial charge in [-0.05, 0) is 18.2 Å². The van der Waals surface area contributed by atoms with Gasteiger partial charge >= 0.3 is 0 Å². The van der Waals surface area contributed by atoms with Crippen molar-refractivity contribution in [3.63, 3.8) is 0 Å². The molecule has 2 rings (SSSR count). The van der Waals surface area contributed by atoms with Crippen LogP contribution in [0.15, 0.2) is 36.4 Å². The number of benzene rings is 2. The maximum atomic E-state index is 13.3. The average molecular weight is 271 g/mol.